The van der Waals surface area contributed by atoms with Crippen LogP contribution in [0.1, 0.15) is 20.3 Å². The SMILES string of the molecule is CC1(C)CC1Nc1cc(Br)c(F)cc1[N+](=O)[O-]. The number of nitrogens with one attached hydrogen (secondary N) is 1. The van der Waals surface area contributed by atoms with Crippen molar-refractivity contribution in [3.63, 3.8) is 0 Å². The molecule has 0 saturated heterocycles. The number of nitro benzene ring substituents is 1. The van der Waals surface area contributed by atoms with Crippen LogP contribution < -0.4 is 5.32 Å². The summed E-state index contributed by atoms with van der Waals surface area (Å²) < 4.78 is 13.5. The van der Waals surface area contributed by atoms with E-state index in [0.29, 0.717) is 5.69 Å². The maximum absolute atomic E-state index is 13.2. The van der Waals surface area contributed by atoms with Gasteiger partial charge in [-0.25, -0.2) is 4.39 Å². The van der Waals surface area contributed by atoms with Crippen molar-refractivity contribution in [2.45, 2.75) is 26.3 Å². The topological polar surface area (TPSA) is 55.2 Å². The highest BCUT2D eigenvalue weighted by Crippen LogP contribution is 2.47. The molecular formula is C11H12BrFN2O2. The highest BCUT2D eigenvalue weighted by Gasteiger charge is 2.46. The zero-order valence-corrected chi connectivity index (χ0v) is 11.0. The summed E-state index contributed by atoms with van der Waals surface area (Å²) in [7, 11) is 0. The number of nitrogens with zero attached hydrogens (tertiary/aromatic N) is 1. The lowest BCUT2D eigenvalue weighted by Crippen LogP contribution is -2.10. The van der Waals surface area contributed by atoms with Gasteiger partial charge in [-0.2, -0.15) is 0 Å². The Labute approximate surface area is 106 Å². The molecule has 0 aromatic heterocycles. The highest BCUT2D eigenvalue weighted by molar-refractivity contribution is 9.10. The molecule has 17 heavy (non-hydrogen) atoms. The Balaban J connectivity index is 2.32. The molecule has 0 aliphatic heterocycles. The van der Waals surface area contributed by atoms with Gasteiger partial charge in [0.1, 0.15) is 11.5 Å². The third-order valence-electron chi connectivity index (χ3n) is 3.08. The van der Waals surface area contributed by atoms with E-state index in [4.69, 9.17) is 0 Å². The molecule has 1 saturated carbocycles. The summed E-state index contributed by atoms with van der Waals surface area (Å²) in [6.45, 7) is 4.16. The number of anilines is 1. The lowest BCUT2D eigenvalue weighted by Gasteiger charge is -2.09. The number of nitro groups is 1. The van der Waals surface area contributed by atoms with Gasteiger partial charge < -0.3 is 5.32 Å². The second kappa shape index (κ2) is 3.94. The first-order chi connectivity index (χ1) is 7.81. The number of hydrogen-bond acceptors (Lipinski definition) is 3. The lowest BCUT2D eigenvalue weighted by molar-refractivity contribution is -0.384. The van der Waals surface area contributed by atoms with Gasteiger partial charge in [0.2, 0.25) is 0 Å². The Hall–Kier alpha value is -1.17. The van der Waals surface area contributed by atoms with Crippen molar-refractivity contribution in [1.82, 2.24) is 0 Å². The molecule has 1 aliphatic rings. The first-order valence-corrected chi connectivity index (χ1v) is 6.00. The molecule has 0 bridgehead atoms. The minimum Gasteiger partial charge on any atom is -0.376 e. The molecule has 1 unspecified atom stereocenters. The number of hydrogen-bond donors (Lipinski definition) is 1. The van der Waals surface area contributed by atoms with E-state index >= 15 is 0 Å². The van der Waals surface area contributed by atoms with Gasteiger partial charge in [0.05, 0.1) is 15.5 Å². The number of halogens is 2. The van der Waals surface area contributed by atoms with Crippen molar-refractivity contribution in [2.24, 2.45) is 5.41 Å². The van der Waals surface area contributed by atoms with Crippen LogP contribution in [0.4, 0.5) is 15.8 Å². The van der Waals surface area contributed by atoms with E-state index < -0.39 is 10.7 Å². The smallest absolute Gasteiger partial charge is 0.295 e. The van der Waals surface area contributed by atoms with Crippen LogP contribution in [0.3, 0.4) is 0 Å². The minimum absolute atomic E-state index is 0.148. The Morgan fingerprint density at radius 1 is 1.59 bits per heavy atom. The second-order valence-electron chi connectivity index (χ2n) is 4.93. The molecule has 1 aromatic rings. The van der Waals surface area contributed by atoms with Gasteiger partial charge in [-0.1, -0.05) is 13.8 Å². The van der Waals surface area contributed by atoms with Crippen molar-refractivity contribution < 1.29 is 9.31 Å². The molecule has 1 atom stereocenters. The molecule has 1 aromatic carbocycles. The van der Waals surface area contributed by atoms with Crippen LogP contribution in [0, 0.1) is 21.3 Å². The summed E-state index contributed by atoms with van der Waals surface area (Å²) in [5, 5.41) is 13.9. The van der Waals surface area contributed by atoms with Crippen LogP contribution in [0.2, 0.25) is 0 Å². The molecule has 0 amide bonds. The summed E-state index contributed by atoms with van der Waals surface area (Å²) in [6, 6.07) is 2.56. The molecular weight excluding hydrogens is 291 g/mol. The van der Waals surface area contributed by atoms with Crippen molar-refractivity contribution in [2.75, 3.05) is 5.32 Å². The maximum atomic E-state index is 13.2. The van der Waals surface area contributed by atoms with Gasteiger partial charge in [-0.15, -0.1) is 0 Å². The molecule has 1 aliphatic carbocycles. The average Bonchev–Trinajstić information content (AvgIpc) is 2.79. The van der Waals surface area contributed by atoms with Gasteiger partial charge in [0.15, 0.2) is 0 Å². The van der Waals surface area contributed by atoms with E-state index in [-0.39, 0.29) is 21.6 Å². The van der Waals surface area contributed by atoms with Gasteiger partial charge in [-0.3, -0.25) is 10.1 Å². The predicted octanol–water partition coefficient (Wildman–Crippen LogP) is 3.71. The molecule has 4 nitrogen and oxygen atoms in total. The van der Waals surface area contributed by atoms with Crippen LogP contribution in [-0.4, -0.2) is 11.0 Å². The van der Waals surface area contributed by atoms with E-state index in [1.165, 1.54) is 6.07 Å². The Kier molecular flexibility index (Phi) is 2.85. The van der Waals surface area contributed by atoms with E-state index in [9.17, 15) is 14.5 Å². The first kappa shape index (κ1) is 12.3. The molecule has 1 N–H and O–H groups in total. The normalized spacial score (nSPS) is 21.1. The summed E-state index contributed by atoms with van der Waals surface area (Å²) in [5.41, 5.74) is 0.279. The van der Waals surface area contributed by atoms with Crippen molar-refractivity contribution >= 4 is 27.3 Å². The van der Waals surface area contributed by atoms with Gasteiger partial charge >= 0.3 is 0 Å². The Bertz CT molecular complexity index is 491. The van der Waals surface area contributed by atoms with Crippen molar-refractivity contribution in [3.05, 3.63) is 32.5 Å². The number of benzene rings is 1. The van der Waals surface area contributed by atoms with Crippen LogP contribution in [-0.2, 0) is 0 Å². The molecule has 0 radical (unpaired) electrons. The summed E-state index contributed by atoms with van der Waals surface area (Å²) in [5.74, 6) is -0.627. The maximum Gasteiger partial charge on any atom is 0.295 e. The predicted molar refractivity (Wildman–Crippen MR) is 66.6 cm³/mol. The molecule has 1 fully saturated rings. The quantitative estimate of drug-likeness (QED) is 0.684. The molecule has 6 heteroatoms. The summed E-state index contributed by atoms with van der Waals surface area (Å²) >= 11 is 3.03. The largest absolute Gasteiger partial charge is 0.376 e. The third-order valence-corrected chi connectivity index (χ3v) is 3.69. The zero-order chi connectivity index (χ0) is 12.8. The fourth-order valence-corrected chi connectivity index (χ4v) is 2.05. The highest BCUT2D eigenvalue weighted by atomic mass is 79.9. The zero-order valence-electron chi connectivity index (χ0n) is 9.46. The molecule has 0 spiro atoms. The molecule has 92 valence electrons. The lowest BCUT2D eigenvalue weighted by atomic mass is 10.2. The van der Waals surface area contributed by atoms with Gasteiger partial charge in [0, 0.05) is 6.04 Å². The fourth-order valence-electron chi connectivity index (χ4n) is 1.70. The average molecular weight is 303 g/mol. The van der Waals surface area contributed by atoms with Crippen LogP contribution in [0.15, 0.2) is 16.6 Å². The summed E-state index contributed by atoms with van der Waals surface area (Å²) in [4.78, 5) is 10.3. The van der Waals surface area contributed by atoms with Crippen molar-refractivity contribution in [1.29, 1.82) is 0 Å². The molecule has 0 heterocycles. The second-order valence-corrected chi connectivity index (χ2v) is 5.78. The fraction of sp³-hybridized carbons (Fsp3) is 0.455. The number of rotatable bonds is 3. The minimum atomic E-state index is -0.627. The third kappa shape index (κ3) is 2.41. The van der Waals surface area contributed by atoms with Crippen LogP contribution in [0.5, 0.6) is 0 Å². The van der Waals surface area contributed by atoms with Crippen LogP contribution >= 0.6 is 15.9 Å². The van der Waals surface area contributed by atoms with E-state index in [1.54, 1.807) is 0 Å². The van der Waals surface area contributed by atoms with Gasteiger partial charge in [0.25, 0.3) is 5.69 Å². The monoisotopic (exact) mass is 302 g/mol. The van der Waals surface area contributed by atoms with E-state index in [0.717, 1.165) is 12.5 Å². The summed E-state index contributed by atoms with van der Waals surface area (Å²) in [6.07, 6.45) is 0.957. The van der Waals surface area contributed by atoms with E-state index in [1.807, 2.05) is 0 Å². The van der Waals surface area contributed by atoms with Gasteiger partial charge in [-0.05, 0) is 33.8 Å². The van der Waals surface area contributed by atoms with E-state index in [2.05, 4.69) is 35.1 Å². The molecule has 2 rings (SSSR count). The first-order valence-electron chi connectivity index (χ1n) is 5.21. The van der Waals surface area contributed by atoms with Crippen molar-refractivity contribution in [3.8, 4) is 0 Å². The standard InChI is InChI=1S/C11H12BrFN2O2/c1-11(2)5-10(11)14-8-3-6(12)7(13)4-9(8)15(16)17/h3-4,10,14H,5H2,1-2H3. The Morgan fingerprint density at radius 2 is 2.18 bits per heavy atom. The Morgan fingerprint density at radius 3 is 2.65 bits per heavy atom. The van der Waals surface area contributed by atoms with Crippen LogP contribution in [0.25, 0.3) is 0 Å².